The van der Waals surface area contributed by atoms with E-state index >= 15 is 0 Å². The number of aryl methyl sites for hydroxylation is 1. The molecule has 0 spiro atoms. The van der Waals surface area contributed by atoms with Crippen LogP contribution in [0.1, 0.15) is 40.0 Å². The Balaban J connectivity index is 1.09. The van der Waals surface area contributed by atoms with E-state index < -0.39 is 5.60 Å². The van der Waals surface area contributed by atoms with E-state index in [4.69, 9.17) is 14.2 Å². The Kier molecular flexibility index (Phi) is 7.24. The lowest BCUT2D eigenvalue weighted by Gasteiger charge is -2.41. The van der Waals surface area contributed by atoms with Crippen molar-refractivity contribution in [2.75, 3.05) is 39.2 Å². The Morgan fingerprint density at radius 3 is 2.48 bits per heavy atom. The van der Waals surface area contributed by atoms with Crippen LogP contribution in [-0.2, 0) is 16.6 Å². The standard InChI is InChI=1S/C31H40N6O5/c1-31(2,3)42-30(39)36-16-20-7-8-21(17-36)37(20)15-19-11-22(19)28(38)34-26-13-18-12-23(35(4)24(18)14-33-26)27-25(40-5)9-10-32-29(27)41-6/h9-10,12-14,19-22H,7-8,11,15-17H2,1-6H3,(H,33,34,38)/t19-,20?,21?,22+/m1/s1. The summed E-state index contributed by atoms with van der Waals surface area (Å²) in [6.07, 6.45) is 6.22. The zero-order valence-corrected chi connectivity index (χ0v) is 25.2. The normalized spacial score (nSPS) is 23.6. The van der Waals surface area contributed by atoms with E-state index in [-0.39, 0.29) is 17.9 Å². The quantitative estimate of drug-likeness (QED) is 0.443. The first kappa shape index (κ1) is 28.3. The van der Waals surface area contributed by atoms with Crippen LogP contribution in [-0.4, -0.2) is 87.9 Å². The number of hydrogen-bond donors (Lipinski definition) is 1. The lowest BCUT2D eigenvalue weighted by atomic mass is 10.1. The van der Waals surface area contributed by atoms with Gasteiger partial charge < -0.3 is 29.0 Å². The van der Waals surface area contributed by atoms with Gasteiger partial charge in [0.2, 0.25) is 11.8 Å². The molecule has 11 heteroatoms. The summed E-state index contributed by atoms with van der Waals surface area (Å²) in [4.78, 5) is 39.1. The van der Waals surface area contributed by atoms with Crippen molar-refractivity contribution in [1.29, 1.82) is 0 Å². The molecule has 42 heavy (non-hydrogen) atoms. The highest BCUT2D eigenvalue weighted by Gasteiger charge is 2.49. The van der Waals surface area contributed by atoms with E-state index in [9.17, 15) is 9.59 Å². The third-order valence-electron chi connectivity index (χ3n) is 8.72. The fourth-order valence-corrected chi connectivity index (χ4v) is 6.55. The van der Waals surface area contributed by atoms with Crippen LogP contribution in [0.25, 0.3) is 22.2 Å². The van der Waals surface area contributed by atoms with Crippen LogP contribution in [0.3, 0.4) is 0 Å². The molecule has 5 heterocycles. The Bertz CT molecular complexity index is 1480. The van der Waals surface area contributed by atoms with Crippen molar-refractivity contribution in [1.82, 2.24) is 24.3 Å². The van der Waals surface area contributed by atoms with Crippen molar-refractivity contribution in [2.45, 2.75) is 57.7 Å². The molecule has 3 aromatic rings. The number of piperazine rings is 1. The Hall–Kier alpha value is -3.86. The summed E-state index contributed by atoms with van der Waals surface area (Å²) >= 11 is 0. The van der Waals surface area contributed by atoms with Gasteiger partial charge in [0, 0.05) is 56.3 Å². The van der Waals surface area contributed by atoms with Gasteiger partial charge in [0.1, 0.15) is 22.7 Å². The molecule has 0 aromatic carbocycles. The maximum absolute atomic E-state index is 13.2. The van der Waals surface area contributed by atoms with E-state index in [0.29, 0.717) is 48.5 Å². The van der Waals surface area contributed by atoms with Crippen LogP contribution in [0, 0.1) is 11.8 Å². The molecule has 1 aliphatic carbocycles. The Morgan fingerprint density at radius 1 is 1.07 bits per heavy atom. The summed E-state index contributed by atoms with van der Waals surface area (Å²) in [7, 11) is 5.16. The molecule has 3 fully saturated rings. The number of carbonyl (C=O) groups is 2. The molecule has 1 N–H and O–H groups in total. The second kappa shape index (κ2) is 10.8. The number of ether oxygens (including phenoxy) is 3. The highest BCUT2D eigenvalue weighted by molar-refractivity contribution is 5.96. The SMILES string of the molecule is COc1ccnc(OC)c1-c1cc2cc(NC(=O)[C@H]3C[C@@H]3CN3C4CCC3CN(C(=O)OC(C)(C)C)C4)ncc2n1C. The molecule has 2 saturated heterocycles. The third kappa shape index (κ3) is 5.37. The first-order valence-electron chi connectivity index (χ1n) is 14.6. The average Bonchev–Trinajstić information content (AvgIpc) is 3.60. The van der Waals surface area contributed by atoms with E-state index in [0.717, 1.165) is 48.0 Å². The summed E-state index contributed by atoms with van der Waals surface area (Å²) in [5.74, 6) is 1.97. The van der Waals surface area contributed by atoms with Gasteiger partial charge in [-0.1, -0.05) is 0 Å². The number of pyridine rings is 2. The van der Waals surface area contributed by atoms with Crippen LogP contribution in [0.2, 0.25) is 0 Å². The maximum Gasteiger partial charge on any atom is 0.410 e. The minimum Gasteiger partial charge on any atom is -0.496 e. The van der Waals surface area contributed by atoms with Crippen molar-refractivity contribution >= 4 is 28.7 Å². The lowest BCUT2D eigenvalue weighted by Crippen LogP contribution is -2.56. The minimum absolute atomic E-state index is 0.0124. The summed E-state index contributed by atoms with van der Waals surface area (Å²) in [5, 5.41) is 3.99. The predicted octanol–water partition coefficient (Wildman–Crippen LogP) is 4.31. The number of anilines is 1. The summed E-state index contributed by atoms with van der Waals surface area (Å²) in [6.45, 7) is 7.96. The number of carbonyl (C=O) groups excluding carboxylic acids is 2. The highest BCUT2D eigenvalue weighted by Crippen LogP contribution is 2.43. The van der Waals surface area contributed by atoms with E-state index in [1.54, 1.807) is 32.7 Å². The molecular weight excluding hydrogens is 536 g/mol. The summed E-state index contributed by atoms with van der Waals surface area (Å²) in [6, 6.07) is 6.39. The fraction of sp³-hybridized carbons (Fsp3) is 0.548. The number of nitrogens with zero attached hydrogens (tertiary/aromatic N) is 5. The number of likely N-dealkylation sites (tertiary alicyclic amines) is 1. The van der Waals surface area contributed by atoms with Crippen LogP contribution < -0.4 is 14.8 Å². The number of nitrogens with one attached hydrogen (secondary N) is 1. The van der Waals surface area contributed by atoms with E-state index in [2.05, 4.69) is 20.2 Å². The van der Waals surface area contributed by atoms with Crippen molar-refractivity contribution < 1.29 is 23.8 Å². The zero-order valence-electron chi connectivity index (χ0n) is 25.2. The smallest absolute Gasteiger partial charge is 0.410 e. The van der Waals surface area contributed by atoms with Gasteiger partial charge in [-0.25, -0.2) is 14.8 Å². The predicted molar refractivity (Wildman–Crippen MR) is 159 cm³/mol. The van der Waals surface area contributed by atoms with Crippen LogP contribution >= 0.6 is 0 Å². The molecule has 11 nitrogen and oxygen atoms in total. The molecule has 4 atom stereocenters. The molecule has 2 aliphatic heterocycles. The van der Waals surface area contributed by atoms with Gasteiger partial charge in [0.15, 0.2) is 0 Å². The molecule has 2 amide bonds. The number of amides is 2. The first-order chi connectivity index (χ1) is 20.1. The summed E-state index contributed by atoms with van der Waals surface area (Å²) in [5.41, 5.74) is 2.06. The Morgan fingerprint density at radius 2 is 1.81 bits per heavy atom. The maximum atomic E-state index is 13.2. The van der Waals surface area contributed by atoms with Gasteiger partial charge in [0.05, 0.1) is 31.6 Å². The van der Waals surface area contributed by atoms with Gasteiger partial charge in [-0.2, -0.15) is 0 Å². The van der Waals surface area contributed by atoms with E-state index in [1.807, 2.05) is 49.4 Å². The molecule has 6 rings (SSSR count). The number of aromatic nitrogens is 3. The van der Waals surface area contributed by atoms with Gasteiger partial charge >= 0.3 is 6.09 Å². The van der Waals surface area contributed by atoms with Crippen molar-refractivity contribution in [3.63, 3.8) is 0 Å². The van der Waals surface area contributed by atoms with Gasteiger partial charge in [0.25, 0.3) is 0 Å². The number of methoxy groups -OCH3 is 2. The molecule has 2 bridgehead atoms. The average molecular weight is 577 g/mol. The molecule has 1 saturated carbocycles. The van der Waals surface area contributed by atoms with Crippen LogP contribution in [0.15, 0.2) is 30.6 Å². The van der Waals surface area contributed by atoms with Gasteiger partial charge in [-0.05, 0) is 64.2 Å². The van der Waals surface area contributed by atoms with Crippen molar-refractivity contribution in [3.8, 4) is 22.9 Å². The molecule has 0 radical (unpaired) electrons. The van der Waals surface area contributed by atoms with Crippen molar-refractivity contribution in [3.05, 3.63) is 30.6 Å². The van der Waals surface area contributed by atoms with E-state index in [1.165, 1.54) is 0 Å². The third-order valence-corrected chi connectivity index (χ3v) is 8.72. The second-order valence-corrected chi connectivity index (χ2v) is 12.7. The zero-order chi connectivity index (χ0) is 29.8. The number of fused-ring (bicyclic) bond motifs is 3. The van der Waals surface area contributed by atoms with Crippen molar-refractivity contribution in [2.24, 2.45) is 18.9 Å². The fourth-order valence-electron chi connectivity index (χ4n) is 6.55. The molecular formula is C31H40N6O5. The summed E-state index contributed by atoms with van der Waals surface area (Å²) < 4.78 is 18.7. The van der Waals surface area contributed by atoms with Gasteiger partial charge in [-0.15, -0.1) is 0 Å². The largest absolute Gasteiger partial charge is 0.496 e. The minimum atomic E-state index is -0.496. The van der Waals surface area contributed by atoms with Gasteiger partial charge in [-0.3, -0.25) is 9.69 Å². The molecule has 3 aromatic heterocycles. The highest BCUT2D eigenvalue weighted by atomic mass is 16.6. The Labute approximate surface area is 246 Å². The topological polar surface area (TPSA) is 111 Å². The monoisotopic (exact) mass is 576 g/mol. The number of rotatable bonds is 7. The number of hydrogen-bond acceptors (Lipinski definition) is 8. The molecule has 3 aliphatic rings. The first-order valence-corrected chi connectivity index (χ1v) is 14.6. The van der Waals surface area contributed by atoms with Crippen LogP contribution in [0.5, 0.6) is 11.6 Å². The second-order valence-electron chi connectivity index (χ2n) is 12.7. The molecule has 2 unspecified atom stereocenters. The van der Waals surface area contributed by atoms with Crippen LogP contribution in [0.4, 0.5) is 10.6 Å². The lowest BCUT2D eigenvalue weighted by molar-refractivity contribution is -0.117. The molecule has 224 valence electrons.